The summed E-state index contributed by atoms with van der Waals surface area (Å²) >= 11 is 0. The molecule has 3 aromatic rings. The topological polar surface area (TPSA) is 68.3 Å². The molecule has 2 unspecified atom stereocenters. The zero-order chi connectivity index (χ0) is 21.7. The van der Waals surface area contributed by atoms with Crippen LogP contribution in [-0.4, -0.2) is 46.4 Å². The first-order valence-corrected chi connectivity index (χ1v) is 11.1. The molecule has 0 saturated carbocycles. The molecule has 7 rings (SSSR count). The standard InChI is InChI=1S/C24H24F2N6/c25-16-11-17-22(18(26)12-16)30-31-23(17)24-27-19(15-4-2-1-3-5-15)13-20(29-24)28-21-10-14-6-8-32(21)9-7-14/h1-5,11-14,20-21,28H,6-10H2,(H,27,29)(H,30,31). The lowest BCUT2D eigenvalue weighted by Gasteiger charge is -2.46. The number of fused-ring (bicyclic) bond motifs is 4. The first-order chi connectivity index (χ1) is 15.6. The molecule has 32 heavy (non-hydrogen) atoms. The van der Waals surface area contributed by atoms with Gasteiger partial charge in [-0.25, -0.2) is 13.8 Å². The Bertz CT molecular complexity index is 1210. The fraction of sp³-hybridized carbons (Fsp3) is 0.333. The largest absolute Gasteiger partial charge is 0.338 e. The molecule has 1 aromatic heterocycles. The second kappa shape index (κ2) is 7.79. The molecule has 2 aromatic carbocycles. The first-order valence-electron chi connectivity index (χ1n) is 11.1. The van der Waals surface area contributed by atoms with Crippen molar-refractivity contribution in [3.05, 3.63) is 71.4 Å². The Morgan fingerprint density at radius 2 is 1.88 bits per heavy atom. The fourth-order valence-corrected chi connectivity index (χ4v) is 5.09. The van der Waals surface area contributed by atoms with Gasteiger partial charge >= 0.3 is 0 Å². The Labute approximate surface area is 184 Å². The van der Waals surface area contributed by atoms with E-state index in [1.165, 1.54) is 18.9 Å². The van der Waals surface area contributed by atoms with E-state index in [1.807, 2.05) is 30.3 Å². The summed E-state index contributed by atoms with van der Waals surface area (Å²) in [5.74, 6) is -0.0675. The molecule has 4 aliphatic heterocycles. The number of benzene rings is 2. The van der Waals surface area contributed by atoms with E-state index >= 15 is 0 Å². The quantitative estimate of drug-likeness (QED) is 0.587. The van der Waals surface area contributed by atoms with Gasteiger partial charge in [0, 0.05) is 17.1 Å². The van der Waals surface area contributed by atoms with Gasteiger partial charge in [0.15, 0.2) is 11.7 Å². The van der Waals surface area contributed by atoms with Crippen molar-refractivity contribution in [2.75, 3.05) is 13.1 Å². The minimum atomic E-state index is -0.696. The maximum absolute atomic E-state index is 14.2. The van der Waals surface area contributed by atoms with Gasteiger partial charge in [-0.3, -0.25) is 15.3 Å². The van der Waals surface area contributed by atoms with E-state index in [2.05, 4.69) is 31.8 Å². The van der Waals surface area contributed by atoms with E-state index in [-0.39, 0.29) is 17.8 Å². The monoisotopic (exact) mass is 434 g/mol. The summed E-state index contributed by atoms with van der Waals surface area (Å²) in [4.78, 5) is 7.35. The normalized spacial score (nSPS) is 27.2. The van der Waals surface area contributed by atoms with Crippen LogP contribution in [0.3, 0.4) is 0 Å². The van der Waals surface area contributed by atoms with E-state index in [0.717, 1.165) is 42.8 Å². The number of hydrogen-bond donors (Lipinski definition) is 3. The number of aromatic amines is 1. The predicted octanol–water partition coefficient (Wildman–Crippen LogP) is 3.59. The highest BCUT2D eigenvalue weighted by atomic mass is 19.1. The van der Waals surface area contributed by atoms with Gasteiger partial charge in [0.1, 0.15) is 23.2 Å². The smallest absolute Gasteiger partial charge is 0.154 e. The molecule has 0 spiro atoms. The van der Waals surface area contributed by atoms with Crippen molar-refractivity contribution in [3.63, 3.8) is 0 Å². The molecule has 3 fully saturated rings. The molecule has 5 heterocycles. The first kappa shape index (κ1) is 19.6. The number of halogens is 2. The summed E-state index contributed by atoms with van der Waals surface area (Å²) < 4.78 is 28.2. The molecule has 164 valence electrons. The maximum atomic E-state index is 14.2. The van der Waals surface area contributed by atoms with Crippen LogP contribution < -0.4 is 10.6 Å². The number of piperidine rings is 3. The van der Waals surface area contributed by atoms with Gasteiger partial charge in [-0.1, -0.05) is 30.3 Å². The van der Waals surface area contributed by atoms with Crippen molar-refractivity contribution in [1.29, 1.82) is 0 Å². The van der Waals surface area contributed by atoms with Crippen LogP contribution in [0.15, 0.2) is 53.5 Å². The van der Waals surface area contributed by atoms with Crippen LogP contribution in [0.1, 0.15) is 30.5 Å². The van der Waals surface area contributed by atoms with Gasteiger partial charge in [-0.05, 0) is 56.0 Å². The van der Waals surface area contributed by atoms with Crippen LogP contribution in [0.5, 0.6) is 0 Å². The average molecular weight is 434 g/mol. The molecule has 2 atom stereocenters. The lowest BCUT2D eigenvalue weighted by Crippen LogP contribution is -2.57. The second-order valence-electron chi connectivity index (χ2n) is 8.77. The van der Waals surface area contributed by atoms with Gasteiger partial charge in [0.05, 0.1) is 6.17 Å². The SMILES string of the molecule is Fc1cc(F)c2n[nH]c(C3=NC(NC4CC5CCN4CC5)C=C(c4ccccc4)N3)c2c1. The van der Waals surface area contributed by atoms with Crippen molar-refractivity contribution in [1.82, 2.24) is 25.7 Å². The number of hydrogen-bond acceptors (Lipinski definition) is 5. The van der Waals surface area contributed by atoms with E-state index < -0.39 is 11.6 Å². The summed E-state index contributed by atoms with van der Waals surface area (Å²) in [7, 11) is 0. The molecule has 0 radical (unpaired) electrons. The minimum absolute atomic E-state index is 0.0990. The van der Waals surface area contributed by atoms with E-state index in [1.54, 1.807) is 0 Å². The third-order valence-corrected chi connectivity index (χ3v) is 6.75. The molecule has 4 aliphatic rings. The third kappa shape index (κ3) is 3.49. The van der Waals surface area contributed by atoms with Gasteiger partial charge in [0.25, 0.3) is 0 Å². The minimum Gasteiger partial charge on any atom is -0.338 e. The molecule has 0 aliphatic carbocycles. The molecule has 3 N–H and O–H groups in total. The molecule has 8 heteroatoms. The molecular weight excluding hydrogens is 410 g/mol. The summed E-state index contributed by atoms with van der Waals surface area (Å²) in [6, 6.07) is 12.1. The number of rotatable bonds is 4. The van der Waals surface area contributed by atoms with Crippen LogP contribution in [0, 0.1) is 17.6 Å². The average Bonchev–Trinajstić information content (AvgIpc) is 3.24. The Morgan fingerprint density at radius 3 is 2.62 bits per heavy atom. The molecule has 2 bridgehead atoms. The molecule has 3 saturated heterocycles. The third-order valence-electron chi connectivity index (χ3n) is 6.75. The van der Waals surface area contributed by atoms with Crippen LogP contribution in [0.2, 0.25) is 0 Å². The lowest BCUT2D eigenvalue weighted by molar-refractivity contribution is 0.0280. The van der Waals surface area contributed by atoms with Crippen molar-refractivity contribution in [2.24, 2.45) is 10.9 Å². The summed E-state index contributed by atoms with van der Waals surface area (Å²) in [6.07, 6.45) is 5.72. The van der Waals surface area contributed by atoms with Crippen molar-refractivity contribution in [2.45, 2.75) is 31.6 Å². The number of nitrogens with one attached hydrogen (secondary N) is 3. The van der Waals surface area contributed by atoms with Crippen LogP contribution in [-0.2, 0) is 0 Å². The van der Waals surface area contributed by atoms with Gasteiger partial charge in [-0.15, -0.1) is 0 Å². The van der Waals surface area contributed by atoms with Crippen LogP contribution in [0.25, 0.3) is 16.6 Å². The van der Waals surface area contributed by atoms with Crippen molar-refractivity contribution >= 4 is 22.4 Å². The maximum Gasteiger partial charge on any atom is 0.154 e. The Morgan fingerprint density at radius 1 is 1.06 bits per heavy atom. The van der Waals surface area contributed by atoms with Crippen molar-refractivity contribution < 1.29 is 8.78 Å². The zero-order valence-electron chi connectivity index (χ0n) is 17.5. The van der Waals surface area contributed by atoms with Gasteiger partial charge in [0.2, 0.25) is 0 Å². The molecule has 6 nitrogen and oxygen atoms in total. The summed E-state index contributed by atoms with van der Waals surface area (Å²) in [5.41, 5.74) is 2.47. The predicted molar refractivity (Wildman–Crippen MR) is 120 cm³/mol. The van der Waals surface area contributed by atoms with Crippen molar-refractivity contribution in [3.8, 4) is 0 Å². The van der Waals surface area contributed by atoms with Crippen LogP contribution >= 0.6 is 0 Å². The highest BCUT2D eigenvalue weighted by Crippen LogP contribution is 2.31. The number of nitrogens with zero attached hydrogens (tertiary/aromatic N) is 3. The highest BCUT2D eigenvalue weighted by Gasteiger charge is 2.35. The number of aromatic nitrogens is 2. The number of amidine groups is 1. The van der Waals surface area contributed by atoms with Crippen LogP contribution in [0.4, 0.5) is 8.78 Å². The van der Waals surface area contributed by atoms with E-state index in [4.69, 9.17) is 4.99 Å². The summed E-state index contributed by atoms with van der Waals surface area (Å²) in [6.45, 7) is 2.23. The number of H-pyrrole nitrogens is 1. The Balaban J connectivity index is 1.38. The highest BCUT2D eigenvalue weighted by molar-refractivity contribution is 6.11. The summed E-state index contributed by atoms with van der Waals surface area (Å²) in [5, 5.41) is 14.3. The van der Waals surface area contributed by atoms with Gasteiger partial charge < -0.3 is 5.32 Å². The Kier molecular flexibility index (Phi) is 4.77. The van der Waals surface area contributed by atoms with E-state index in [0.29, 0.717) is 16.9 Å². The molecular formula is C24H24F2N6. The van der Waals surface area contributed by atoms with Gasteiger partial charge in [-0.2, -0.15) is 5.10 Å². The number of aliphatic imine (C=N–C) groups is 1. The Hall–Kier alpha value is -3.10. The fourth-order valence-electron chi connectivity index (χ4n) is 5.09. The van der Waals surface area contributed by atoms with E-state index in [9.17, 15) is 8.78 Å². The second-order valence-corrected chi connectivity index (χ2v) is 8.77. The molecule has 0 amide bonds. The zero-order valence-corrected chi connectivity index (χ0v) is 17.5. The lowest BCUT2D eigenvalue weighted by atomic mass is 9.86.